The molecule has 0 atom stereocenters. The third kappa shape index (κ3) is 4.98. The summed E-state index contributed by atoms with van der Waals surface area (Å²) in [6.07, 6.45) is 3.93. The SMILES string of the molecule is Cc1cccc(-c2nc3sc4c(c3c(=O)n2CC(=O)Nc2ccc(Cl)cc2C(=O)c2ccccc2)CCCC4)c1. The summed E-state index contributed by atoms with van der Waals surface area (Å²) < 4.78 is 1.46. The molecule has 0 bridgehead atoms. The van der Waals surface area contributed by atoms with E-state index in [1.807, 2.05) is 37.3 Å². The van der Waals surface area contributed by atoms with Gasteiger partial charge in [0.25, 0.3) is 5.56 Å². The first kappa shape index (κ1) is 26.2. The van der Waals surface area contributed by atoms with E-state index in [-0.39, 0.29) is 23.5 Å². The van der Waals surface area contributed by atoms with Crippen LogP contribution in [0.15, 0.2) is 77.6 Å². The number of nitrogens with zero attached hydrogens (tertiary/aromatic N) is 2. The first-order valence-electron chi connectivity index (χ1n) is 13.2. The lowest BCUT2D eigenvalue weighted by Gasteiger charge is -2.15. The van der Waals surface area contributed by atoms with Crippen LogP contribution in [-0.4, -0.2) is 21.2 Å². The number of carbonyl (C=O) groups excluding carboxylic acids is 2. The molecule has 0 unspecified atom stereocenters. The normalized spacial score (nSPS) is 12.8. The number of hydrogen-bond acceptors (Lipinski definition) is 5. The molecule has 6 rings (SSSR count). The first-order chi connectivity index (χ1) is 19.4. The van der Waals surface area contributed by atoms with Crippen molar-refractivity contribution in [2.45, 2.75) is 39.2 Å². The Labute approximate surface area is 240 Å². The van der Waals surface area contributed by atoms with Crippen LogP contribution in [0.1, 0.15) is 44.8 Å². The predicted molar refractivity (Wildman–Crippen MR) is 161 cm³/mol. The summed E-state index contributed by atoms with van der Waals surface area (Å²) in [5.74, 6) is -0.249. The molecule has 2 aromatic heterocycles. The molecule has 0 aliphatic heterocycles. The molecule has 0 fully saturated rings. The maximum atomic E-state index is 14.0. The summed E-state index contributed by atoms with van der Waals surface area (Å²) >= 11 is 7.81. The van der Waals surface area contributed by atoms with Crippen molar-refractivity contribution in [2.75, 3.05) is 5.32 Å². The Morgan fingerprint density at radius 1 is 1.00 bits per heavy atom. The zero-order chi connectivity index (χ0) is 27.8. The molecule has 3 aromatic carbocycles. The van der Waals surface area contributed by atoms with Gasteiger partial charge in [-0.2, -0.15) is 0 Å². The van der Waals surface area contributed by atoms with Crippen molar-refractivity contribution in [3.63, 3.8) is 0 Å². The van der Waals surface area contributed by atoms with Gasteiger partial charge in [-0.05, 0) is 62.4 Å². The van der Waals surface area contributed by atoms with Crippen molar-refractivity contribution >= 4 is 50.5 Å². The quantitative estimate of drug-likeness (QED) is 0.228. The van der Waals surface area contributed by atoms with E-state index in [2.05, 4.69) is 5.32 Å². The number of nitrogens with one attached hydrogen (secondary N) is 1. The summed E-state index contributed by atoms with van der Waals surface area (Å²) in [6.45, 7) is 1.73. The first-order valence-corrected chi connectivity index (χ1v) is 14.4. The summed E-state index contributed by atoms with van der Waals surface area (Å²) in [4.78, 5) is 47.7. The van der Waals surface area contributed by atoms with Gasteiger partial charge in [-0.3, -0.25) is 19.0 Å². The van der Waals surface area contributed by atoms with Crippen LogP contribution in [-0.2, 0) is 24.2 Å². The summed E-state index contributed by atoms with van der Waals surface area (Å²) in [5.41, 5.74) is 3.74. The number of amides is 1. The van der Waals surface area contributed by atoms with Gasteiger partial charge in [0.1, 0.15) is 17.2 Å². The third-order valence-corrected chi connectivity index (χ3v) is 8.61. The monoisotopic (exact) mass is 567 g/mol. The number of hydrogen-bond donors (Lipinski definition) is 1. The highest BCUT2D eigenvalue weighted by Crippen LogP contribution is 2.35. The highest BCUT2D eigenvalue weighted by atomic mass is 35.5. The van der Waals surface area contributed by atoms with Crippen LogP contribution < -0.4 is 10.9 Å². The molecule has 0 spiro atoms. The molecule has 1 aliphatic carbocycles. The molecule has 6 nitrogen and oxygen atoms in total. The van der Waals surface area contributed by atoms with E-state index in [1.54, 1.807) is 53.8 Å². The summed E-state index contributed by atoms with van der Waals surface area (Å²) in [6, 6.07) is 21.3. The molecule has 1 aliphatic rings. The fraction of sp³-hybridized carbons (Fsp3) is 0.188. The fourth-order valence-corrected chi connectivity index (χ4v) is 6.71. The van der Waals surface area contributed by atoms with Gasteiger partial charge in [0.05, 0.1) is 11.1 Å². The molecule has 1 N–H and O–H groups in total. The van der Waals surface area contributed by atoms with Crippen molar-refractivity contribution in [1.29, 1.82) is 0 Å². The Morgan fingerprint density at radius 2 is 1.80 bits per heavy atom. The smallest absolute Gasteiger partial charge is 0.263 e. The largest absolute Gasteiger partial charge is 0.324 e. The van der Waals surface area contributed by atoms with Crippen molar-refractivity contribution in [3.8, 4) is 11.4 Å². The van der Waals surface area contributed by atoms with Gasteiger partial charge in [0.15, 0.2) is 5.78 Å². The maximum absolute atomic E-state index is 14.0. The Bertz CT molecular complexity index is 1840. The number of ketones is 1. The second-order valence-corrected chi connectivity index (χ2v) is 11.5. The molecule has 40 heavy (non-hydrogen) atoms. The van der Waals surface area contributed by atoms with Crippen molar-refractivity contribution in [3.05, 3.63) is 115 Å². The number of halogens is 1. The number of carbonyl (C=O) groups is 2. The van der Waals surface area contributed by atoms with Gasteiger partial charge in [-0.1, -0.05) is 65.7 Å². The Morgan fingerprint density at radius 3 is 2.60 bits per heavy atom. The van der Waals surface area contributed by atoms with Crippen LogP contribution in [0.4, 0.5) is 5.69 Å². The molecule has 5 aromatic rings. The van der Waals surface area contributed by atoms with E-state index in [0.29, 0.717) is 27.5 Å². The number of aromatic nitrogens is 2. The van der Waals surface area contributed by atoms with Crippen LogP contribution in [0.5, 0.6) is 0 Å². The number of fused-ring (bicyclic) bond motifs is 3. The lowest BCUT2D eigenvalue weighted by molar-refractivity contribution is -0.116. The third-order valence-electron chi connectivity index (χ3n) is 7.19. The van der Waals surface area contributed by atoms with E-state index in [4.69, 9.17) is 16.6 Å². The Kier molecular flexibility index (Phi) is 7.09. The zero-order valence-electron chi connectivity index (χ0n) is 21.9. The maximum Gasteiger partial charge on any atom is 0.263 e. The molecule has 2 heterocycles. The molecule has 200 valence electrons. The number of thiophene rings is 1. The van der Waals surface area contributed by atoms with E-state index >= 15 is 0 Å². The van der Waals surface area contributed by atoms with Crippen molar-refractivity contribution in [2.24, 2.45) is 0 Å². The average molecular weight is 568 g/mol. The summed E-state index contributed by atoms with van der Waals surface area (Å²) in [5, 5.41) is 3.86. The van der Waals surface area contributed by atoms with Gasteiger partial charge in [0, 0.05) is 26.6 Å². The zero-order valence-corrected chi connectivity index (χ0v) is 23.4. The van der Waals surface area contributed by atoms with Crippen LogP contribution >= 0.6 is 22.9 Å². The summed E-state index contributed by atoms with van der Waals surface area (Å²) in [7, 11) is 0. The lowest BCUT2D eigenvalue weighted by Crippen LogP contribution is -2.30. The van der Waals surface area contributed by atoms with E-state index in [9.17, 15) is 14.4 Å². The number of benzene rings is 3. The van der Waals surface area contributed by atoms with E-state index in [0.717, 1.165) is 47.2 Å². The van der Waals surface area contributed by atoms with Gasteiger partial charge >= 0.3 is 0 Å². The highest BCUT2D eigenvalue weighted by Gasteiger charge is 2.24. The van der Waals surface area contributed by atoms with E-state index < -0.39 is 5.91 Å². The highest BCUT2D eigenvalue weighted by molar-refractivity contribution is 7.18. The number of anilines is 1. The van der Waals surface area contributed by atoms with Gasteiger partial charge < -0.3 is 5.32 Å². The van der Waals surface area contributed by atoms with Crippen LogP contribution in [0.25, 0.3) is 21.6 Å². The van der Waals surface area contributed by atoms with Gasteiger partial charge in [-0.15, -0.1) is 11.3 Å². The molecule has 0 saturated carbocycles. The Balaban J connectivity index is 1.41. The molecule has 0 radical (unpaired) electrons. The number of rotatable bonds is 6. The molecule has 0 saturated heterocycles. The van der Waals surface area contributed by atoms with E-state index in [1.165, 1.54) is 9.44 Å². The lowest BCUT2D eigenvalue weighted by atomic mass is 9.97. The standard InChI is InChI=1S/C32H26ClN3O3S/c1-19-8-7-11-21(16-19)30-35-31-28(23-12-5-6-13-26(23)40-31)32(39)36(30)18-27(37)34-25-15-14-22(33)17-24(25)29(38)20-9-3-2-4-10-20/h2-4,7-11,14-17H,5-6,12-13,18H2,1H3,(H,34,37). The van der Waals surface area contributed by atoms with Gasteiger partial charge in [-0.25, -0.2) is 4.98 Å². The fourth-order valence-electron chi connectivity index (χ4n) is 5.28. The van der Waals surface area contributed by atoms with Crippen molar-refractivity contribution in [1.82, 2.24) is 9.55 Å². The molecule has 1 amide bonds. The minimum absolute atomic E-state index is 0.215. The minimum Gasteiger partial charge on any atom is -0.324 e. The molecule has 8 heteroatoms. The van der Waals surface area contributed by atoms with Crippen molar-refractivity contribution < 1.29 is 9.59 Å². The van der Waals surface area contributed by atoms with Crippen LogP contribution in [0.2, 0.25) is 5.02 Å². The molecular weight excluding hydrogens is 542 g/mol. The van der Waals surface area contributed by atoms with Crippen LogP contribution in [0, 0.1) is 6.92 Å². The Hall–Kier alpha value is -4.07. The minimum atomic E-state index is -0.439. The second kappa shape index (κ2) is 10.8. The van der Waals surface area contributed by atoms with Gasteiger partial charge in [0.2, 0.25) is 5.91 Å². The average Bonchev–Trinajstić information content (AvgIpc) is 3.34. The molecular formula is C32H26ClN3O3S. The van der Waals surface area contributed by atoms with Crippen LogP contribution in [0.3, 0.4) is 0 Å². The predicted octanol–water partition coefficient (Wildman–Crippen LogP) is 6.84. The number of aryl methyl sites for hydroxylation is 3. The second-order valence-electron chi connectivity index (χ2n) is 10.0. The topological polar surface area (TPSA) is 81.1 Å².